The highest BCUT2D eigenvalue weighted by Crippen LogP contribution is 2.34. The second kappa shape index (κ2) is 4.84. The largest absolute Gasteiger partial charge is 0.381 e. The van der Waals surface area contributed by atoms with E-state index in [4.69, 9.17) is 0 Å². The first kappa shape index (κ1) is 11.4. The second-order valence-electron chi connectivity index (χ2n) is 4.77. The summed E-state index contributed by atoms with van der Waals surface area (Å²) in [5.74, 6) is 0. The molecule has 1 unspecified atom stereocenters. The Labute approximate surface area is 97.8 Å². The Morgan fingerprint density at radius 3 is 2.56 bits per heavy atom. The Morgan fingerprint density at radius 2 is 1.81 bits per heavy atom. The highest BCUT2D eigenvalue weighted by atomic mass is 16.3. The van der Waals surface area contributed by atoms with E-state index in [1.54, 1.807) is 0 Å². The molecule has 0 aromatic heterocycles. The van der Waals surface area contributed by atoms with Crippen molar-refractivity contribution in [2.45, 2.75) is 44.6 Å². The molecule has 16 heavy (non-hydrogen) atoms. The van der Waals surface area contributed by atoms with Gasteiger partial charge in [0, 0.05) is 0 Å². The molecular weight excluding hydrogens is 196 g/mol. The predicted molar refractivity (Wildman–Crippen MR) is 67.2 cm³/mol. The molecule has 1 nitrogen and oxygen atoms in total. The lowest BCUT2D eigenvalue weighted by Gasteiger charge is -2.27. The third-order valence-corrected chi connectivity index (χ3v) is 3.50. The number of rotatable bonds is 2. The van der Waals surface area contributed by atoms with Crippen LogP contribution in [0.15, 0.2) is 42.0 Å². The van der Waals surface area contributed by atoms with Crippen molar-refractivity contribution in [3.05, 3.63) is 47.5 Å². The van der Waals surface area contributed by atoms with E-state index in [1.807, 2.05) is 37.3 Å². The van der Waals surface area contributed by atoms with Gasteiger partial charge in [0.25, 0.3) is 0 Å². The highest BCUT2D eigenvalue weighted by Gasteiger charge is 2.27. The van der Waals surface area contributed by atoms with E-state index in [0.717, 1.165) is 18.4 Å². The van der Waals surface area contributed by atoms with Crippen molar-refractivity contribution < 1.29 is 5.11 Å². The molecule has 1 atom stereocenters. The highest BCUT2D eigenvalue weighted by molar-refractivity contribution is 5.32. The molecule has 0 saturated carbocycles. The van der Waals surface area contributed by atoms with Crippen LogP contribution < -0.4 is 0 Å². The number of benzene rings is 1. The number of allylic oxidation sites excluding steroid dienone is 1. The van der Waals surface area contributed by atoms with Crippen molar-refractivity contribution in [3.63, 3.8) is 0 Å². The van der Waals surface area contributed by atoms with Gasteiger partial charge in [0.2, 0.25) is 0 Å². The molecule has 0 radical (unpaired) electrons. The SMILES string of the molecule is CC(O)(C1=CCCCCC1)c1ccccc1. The number of hydrogen-bond donors (Lipinski definition) is 1. The maximum Gasteiger partial charge on any atom is 0.108 e. The van der Waals surface area contributed by atoms with Gasteiger partial charge in [-0.15, -0.1) is 0 Å². The third-order valence-electron chi connectivity index (χ3n) is 3.50. The molecule has 1 heteroatoms. The molecule has 0 amide bonds. The van der Waals surface area contributed by atoms with E-state index in [2.05, 4.69) is 6.08 Å². The van der Waals surface area contributed by atoms with Gasteiger partial charge in [-0.3, -0.25) is 0 Å². The average Bonchev–Trinajstić information content (AvgIpc) is 2.59. The normalized spacial score (nSPS) is 20.8. The van der Waals surface area contributed by atoms with Crippen molar-refractivity contribution in [1.82, 2.24) is 0 Å². The molecule has 1 aromatic carbocycles. The molecular formula is C15H20O. The average molecular weight is 216 g/mol. The van der Waals surface area contributed by atoms with Gasteiger partial charge in [0.05, 0.1) is 0 Å². The van der Waals surface area contributed by atoms with E-state index in [1.165, 1.54) is 24.8 Å². The van der Waals surface area contributed by atoms with Crippen LogP contribution >= 0.6 is 0 Å². The van der Waals surface area contributed by atoms with Crippen LogP contribution in [0.2, 0.25) is 0 Å². The molecule has 0 saturated heterocycles. The molecule has 86 valence electrons. The van der Waals surface area contributed by atoms with Crippen molar-refractivity contribution >= 4 is 0 Å². The standard InChI is InChI=1S/C15H20O/c1-15(16,14-11-7-4-8-12-14)13-9-5-2-3-6-10-13/h4,7-9,11-12,16H,2-3,5-6,10H2,1H3. The minimum atomic E-state index is -0.786. The second-order valence-corrected chi connectivity index (χ2v) is 4.77. The summed E-state index contributed by atoms with van der Waals surface area (Å²) in [5.41, 5.74) is 1.41. The van der Waals surface area contributed by atoms with Crippen LogP contribution in [-0.4, -0.2) is 5.11 Å². The van der Waals surface area contributed by atoms with E-state index in [9.17, 15) is 5.11 Å². The van der Waals surface area contributed by atoms with Crippen LogP contribution in [0.1, 0.15) is 44.6 Å². The van der Waals surface area contributed by atoms with Crippen molar-refractivity contribution in [1.29, 1.82) is 0 Å². The van der Waals surface area contributed by atoms with Crippen LogP contribution in [0.25, 0.3) is 0 Å². The maximum atomic E-state index is 10.7. The summed E-state index contributed by atoms with van der Waals surface area (Å²) in [5, 5.41) is 10.7. The Bertz CT molecular complexity index is 362. The maximum absolute atomic E-state index is 10.7. The molecule has 0 fully saturated rings. The zero-order valence-electron chi connectivity index (χ0n) is 9.95. The summed E-state index contributed by atoms with van der Waals surface area (Å²) >= 11 is 0. The fourth-order valence-electron chi connectivity index (χ4n) is 2.41. The molecule has 1 aliphatic carbocycles. The van der Waals surface area contributed by atoms with Gasteiger partial charge in [0.1, 0.15) is 5.60 Å². The smallest absolute Gasteiger partial charge is 0.108 e. The molecule has 0 heterocycles. The summed E-state index contributed by atoms with van der Waals surface area (Å²) < 4.78 is 0. The summed E-state index contributed by atoms with van der Waals surface area (Å²) in [4.78, 5) is 0. The van der Waals surface area contributed by atoms with Gasteiger partial charge in [0.15, 0.2) is 0 Å². The van der Waals surface area contributed by atoms with Gasteiger partial charge in [-0.2, -0.15) is 0 Å². The van der Waals surface area contributed by atoms with Crippen molar-refractivity contribution in [3.8, 4) is 0 Å². The Morgan fingerprint density at radius 1 is 1.06 bits per heavy atom. The number of aliphatic hydroxyl groups is 1. The van der Waals surface area contributed by atoms with Crippen LogP contribution in [0.3, 0.4) is 0 Å². The van der Waals surface area contributed by atoms with Crippen LogP contribution in [-0.2, 0) is 5.60 Å². The summed E-state index contributed by atoms with van der Waals surface area (Å²) in [6.07, 6.45) is 8.12. The molecule has 1 aliphatic rings. The lowest BCUT2D eigenvalue weighted by molar-refractivity contribution is 0.0932. The first-order valence-corrected chi connectivity index (χ1v) is 6.18. The molecule has 0 aliphatic heterocycles. The Hall–Kier alpha value is -1.08. The topological polar surface area (TPSA) is 20.2 Å². The fourth-order valence-corrected chi connectivity index (χ4v) is 2.41. The Balaban J connectivity index is 2.27. The van der Waals surface area contributed by atoms with Crippen LogP contribution in [0.5, 0.6) is 0 Å². The Kier molecular flexibility index (Phi) is 3.45. The first-order valence-electron chi connectivity index (χ1n) is 6.18. The van der Waals surface area contributed by atoms with Crippen molar-refractivity contribution in [2.75, 3.05) is 0 Å². The first-order chi connectivity index (χ1) is 7.71. The van der Waals surface area contributed by atoms with E-state index >= 15 is 0 Å². The summed E-state index contributed by atoms with van der Waals surface area (Å²) in [6.45, 7) is 1.92. The number of hydrogen-bond acceptors (Lipinski definition) is 1. The quantitative estimate of drug-likeness (QED) is 0.746. The molecule has 1 N–H and O–H groups in total. The minimum Gasteiger partial charge on any atom is -0.381 e. The van der Waals surface area contributed by atoms with E-state index < -0.39 is 5.60 Å². The fraction of sp³-hybridized carbons (Fsp3) is 0.467. The van der Waals surface area contributed by atoms with E-state index in [-0.39, 0.29) is 0 Å². The van der Waals surface area contributed by atoms with Gasteiger partial charge in [-0.25, -0.2) is 0 Å². The zero-order chi connectivity index (χ0) is 11.4. The molecule has 0 bridgehead atoms. The molecule has 2 rings (SSSR count). The minimum absolute atomic E-state index is 0.786. The van der Waals surface area contributed by atoms with Gasteiger partial charge >= 0.3 is 0 Å². The zero-order valence-corrected chi connectivity index (χ0v) is 9.95. The van der Waals surface area contributed by atoms with Gasteiger partial charge < -0.3 is 5.11 Å². The summed E-state index contributed by atoms with van der Waals surface area (Å²) in [7, 11) is 0. The van der Waals surface area contributed by atoms with Crippen LogP contribution in [0, 0.1) is 0 Å². The monoisotopic (exact) mass is 216 g/mol. The molecule has 0 spiro atoms. The van der Waals surface area contributed by atoms with E-state index in [0.29, 0.717) is 0 Å². The third kappa shape index (κ3) is 2.35. The lowest BCUT2D eigenvalue weighted by atomic mass is 9.85. The van der Waals surface area contributed by atoms with Gasteiger partial charge in [-0.05, 0) is 43.7 Å². The van der Waals surface area contributed by atoms with Crippen molar-refractivity contribution in [2.24, 2.45) is 0 Å². The lowest BCUT2D eigenvalue weighted by Crippen LogP contribution is -2.24. The molecule has 1 aromatic rings. The predicted octanol–water partition coefficient (Wildman–Crippen LogP) is 3.78. The van der Waals surface area contributed by atoms with Crippen LogP contribution in [0.4, 0.5) is 0 Å². The summed E-state index contributed by atoms with van der Waals surface area (Å²) in [6, 6.07) is 9.97. The van der Waals surface area contributed by atoms with Gasteiger partial charge in [-0.1, -0.05) is 42.8 Å².